The van der Waals surface area contributed by atoms with Gasteiger partial charge < -0.3 is 15.7 Å². The first-order chi connectivity index (χ1) is 9.56. The first-order valence-corrected chi connectivity index (χ1v) is 7.41. The Morgan fingerprint density at radius 1 is 1.30 bits per heavy atom. The fraction of sp³-hybridized carbons (Fsp3) is 0.429. The second-order valence-corrected chi connectivity index (χ2v) is 5.82. The van der Waals surface area contributed by atoms with Crippen LogP contribution in [-0.4, -0.2) is 29.6 Å². The molecule has 6 heteroatoms. The molecule has 3 N–H and O–H groups in total. The van der Waals surface area contributed by atoms with Crippen LogP contribution in [0.4, 0.5) is 5.69 Å². The number of hydrogen-bond acceptors (Lipinski definition) is 3. The van der Waals surface area contributed by atoms with Gasteiger partial charge in [0.1, 0.15) is 0 Å². The summed E-state index contributed by atoms with van der Waals surface area (Å²) in [6, 6.07) is 5.17. The number of halogens is 1. The van der Waals surface area contributed by atoms with E-state index < -0.39 is 5.97 Å². The van der Waals surface area contributed by atoms with E-state index in [4.69, 9.17) is 5.11 Å². The number of carbonyl (C=O) groups is 2. The van der Waals surface area contributed by atoms with Crippen molar-refractivity contribution in [2.75, 3.05) is 11.9 Å². The molecule has 2 rings (SSSR count). The third-order valence-electron chi connectivity index (χ3n) is 3.39. The number of carboxylic acids is 1. The van der Waals surface area contributed by atoms with Crippen molar-refractivity contribution < 1.29 is 14.7 Å². The number of carbonyl (C=O) groups excluding carboxylic acids is 1. The summed E-state index contributed by atoms with van der Waals surface area (Å²) >= 11 is 3.22. The first kappa shape index (κ1) is 15.0. The van der Waals surface area contributed by atoms with Gasteiger partial charge in [0.2, 0.25) is 5.91 Å². The molecule has 1 fully saturated rings. The summed E-state index contributed by atoms with van der Waals surface area (Å²) in [7, 11) is 0. The summed E-state index contributed by atoms with van der Waals surface area (Å²) in [5.41, 5.74) is 0.396. The lowest BCUT2D eigenvalue weighted by molar-refractivity contribution is -0.115. The Morgan fingerprint density at radius 2 is 2.00 bits per heavy atom. The zero-order valence-electron chi connectivity index (χ0n) is 11.0. The second kappa shape index (κ2) is 6.85. The van der Waals surface area contributed by atoms with Gasteiger partial charge in [-0.1, -0.05) is 28.8 Å². The van der Waals surface area contributed by atoms with Crippen LogP contribution in [0.25, 0.3) is 0 Å². The predicted octanol–water partition coefficient (Wildman–Crippen LogP) is 2.62. The van der Waals surface area contributed by atoms with Gasteiger partial charge in [0.05, 0.1) is 17.8 Å². The lowest BCUT2D eigenvalue weighted by Crippen LogP contribution is -2.34. The van der Waals surface area contributed by atoms with Gasteiger partial charge in [-0.2, -0.15) is 0 Å². The number of rotatable bonds is 5. The van der Waals surface area contributed by atoms with E-state index in [0.29, 0.717) is 16.2 Å². The molecule has 1 aromatic carbocycles. The van der Waals surface area contributed by atoms with Crippen molar-refractivity contribution in [3.63, 3.8) is 0 Å². The molecule has 0 saturated heterocycles. The highest BCUT2D eigenvalue weighted by atomic mass is 79.9. The van der Waals surface area contributed by atoms with E-state index >= 15 is 0 Å². The molecular weight excluding hydrogens is 324 g/mol. The normalized spacial score (nSPS) is 15.2. The van der Waals surface area contributed by atoms with Crippen LogP contribution in [0.2, 0.25) is 0 Å². The minimum absolute atomic E-state index is 0.0774. The second-order valence-electron chi connectivity index (χ2n) is 4.91. The van der Waals surface area contributed by atoms with Crippen LogP contribution in [0, 0.1) is 0 Å². The Balaban J connectivity index is 1.94. The van der Waals surface area contributed by atoms with E-state index in [-0.39, 0.29) is 18.0 Å². The van der Waals surface area contributed by atoms with Gasteiger partial charge in [0.15, 0.2) is 0 Å². The third-order valence-corrected chi connectivity index (χ3v) is 3.89. The molecule has 5 nitrogen and oxygen atoms in total. The highest BCUT2D eigenvalue weighted by Crippen LogP contribution is 2.21. The quantitative estimate of drug-likeness (QED) is 0.769. The Morgan fingerprint density at radius 3 is 2.65 bits per heavy atom. The van der Waals surface area contributed by atoms with Crippen LogP contribution >= 0.6 is 15.9 Å². The SMILES string of the molecule is O=C(CNC1CCCC1)Nc1ccc(Br)cc1C(=O)O. The lowest BCUT2D eigenvalue weighted by atomic mass is 10.2. The highest BCUT2D eigenvalue weighted by Gasteiger charge is 2.16. The van der Waals surface area contributed by atoms with Gasteiger partial charge in [-0.25, -0.2) is 4.79 Å². The molecular formula is C14H17BrN2O3. The van der Waals surface area contributed by atoms with E-state index in [1.54, 1.807) is 12.1 Å². The van der Waals surface area contributed by atoms with E-state index in [1.807, 2.05) is 0 Å². The zero-order valence-corrected chi connectivity index (χ0v) is 12.6. The van der Waals surface area contributed by atoms with Gasteiger partial charge in [-0.15, -0.1) is 0 Å². The predicted molar refractivity (Wildman–Crippen MR) is 80.0 cm³/mol. The lowest BCUT2D eigenvalue weighted by Gasteiger charge is -2.13. The molecule has 0 heterocycles. The highest BCUT2D eigenvalue weighted by molar-refractivity contribution is 9.10. The minimum Gasteiger partial charge on any atom is -0.478 e. The van der Waals surface area contributed by atoms with Crippen molar-refractivity contribution >= 4 is 33.5 Å². The van der Waals surface area contributed by atoms with E-state index in [1.165, 1.54) is 18.9 Å². The Bertz CT molecular complexity index is 513. The van der Waals surface area contributed by atoms with Crippen LogP contribution in [0.3, 0.4) is 0 Å². The fourth-order valence-corrected chi connectivity index (χ4v) is 2.72. The molecule has 0 radical (unpaired) electrons. The molecule has 1 aliphatic rings. The largest absolute Gasteiger partial charge is 0.478 e. The van der Waals surface area contributed by atoms with Crippen LogP contribution in [-0.2, 0) is 4.79 Å². The molecule has 1 aliphatic carbocycles. The molecule has 0 unspecified atom stereocenters. The molecule has 0 bridgehead atoms. The molecule has 108 valence electrons. The van der Waals surface area contributed by atoms with Crippen LogP contribution in [0.5, 0.6) is 0 Å². The molecule has 1 saturated carbocycles. The maximum absolute atomic E-state index is 11.9. The van der Waals surface area contributed by atoms with Crippen molar-refractivity contribution in [3.05, 3.63) is 28.2 Å². The van der Waals surface area contributed by atoms with Crippen LogP contribution < -0.4 is 10.6 Å². The van der Waals surface area contributed by atoms with Gasteiger partial charge in [-0.05, 0) is 31.0 Å². The third kappa shape index (κ3) is 4.05. The van der Waals surface area contributed by atoms with Crippen molar-refractivity contribution in [1.29, 1.82) is 0 Å². The summed E-state index contributed by atoms with van der Waals surface area (Å²) in [6.07, 6.45) is 4.61. The Hall–Kier alpha value is -1.40. The minimum atomic E-state index is -1.06. The summed E-state index contributed by atoms with van der Waals surface area (Å²) in [5, 5.41) is 15.0. The number of hydrogen-bond donors (Lipinski definition) is 3. The Labute approximate surface area is 125 Å². The zero-order chi connectivity index (χ0) is 14.5. The molecule has 1 amide bonds. The summed E-state index contributed by atoms with van der Waals surface area (Å²) < 4.78 is 0.664. The van der Waals surface area contributed by atoms with E-state index in [9.17, 15) is 9.59 Å². The molecule has 0 spiro atoms. The van der Waals surface area contributed by atoms with E-state index in [2.05, 4.69) is 26.6 Å². The first-order valence-electron chi connectivity index (χ1n) is 6.62. The number of aromatic carboxylic acids is 1. The molecule has 0 atom stereocenters. The maximum atomic E-state index is 11.9. The van der Waals surface area contributed by atoms with Crippen molar-refractivity contribution in [3.8, 4) is 0 Å². The summed E-state index contributed by atoms with van der Waals surface area (Å²) in [4.78, 5) is 23.0. The van der Waals surface area contributed by atoms with Crippen molar-refractivity contribution in [2.24, 2.45) is 0 Å². The molecule has 0 aromatic heterocycles. The average molecular weight is 341 g/mol. The van der Waals surface area contributed by atoms with Crippen LogP contribution in [0.15, 0.2) is 22.7 Å². The number of carboxylic acid groups (broad SMARTS) is 1. The Kier molecular flexibility index (Phi) is 5.14. The number of benzene rings is 1. The molecule has 0 aliphatic heterocycles. The number of amides is 1. The summed E-state index contributed by atoms with van der Waals surface area (Å²) in [5.74, 6) is -1.29. The topological polar surface area (TPSA) is 78.4 Å². The molecule has 20 heavy (non-hydrogen) atoms. The van der Waals surface area contributed by atoms with Crippen LogP contribution in [0.1, 0.15) is 36.0 Å². The van der Waals surface area contributed by atoms with Gasteiger partial charge in [-0.3, -0.25) is 4.79 Å². The fourth-order valence-electron chi connectivity index (χ4n) is 2.36. The monoisotopic (exact) mass is 340 g/mol. The smallest absolute Gasteiger partial charge is 0.337 e. The van der Waals surface area contributed by atoms with Gasteiger partial charge >= 0.3 is 5.97 Å². The van der Waals surface area contributed by atoms with Gasteiger partial charge in [0.25, 0.3) is 0 Å². The average Bonchev–Trinajstić information content (AvgIpc) is 2.91. The molecule has 1 aromatic rings. The number of anilines is 1. The standard InChI is InChI=1S/C14H17BrN2O3/c15-9-5-6-12(11(7-9)14(19)20)17-13(18)8-16-10-3-1-2-4-10/h5-7,10,16H,1-4,8H2,(H,17,18)(H,19,20). The van der Waals surface area contributed by atoms with Crippen molar-refractivity contribution in [1.82, 2.24) is 5.32 Å². The summed E-state index contributed by atoms with van der Waals surface area (Å²) in [6.45, 7) is 0.208. The number of nitrogens with one attached hydrogen (secondary N) is 2. The van der Waals surface area contributed by atoms with E-state index in [0.717, 1.165) is 12.8 Å². The maximum Gasteiger partial charge on any atom is 0.337 e. The van der Waals surface area contributed by atoms with Gasteiger partial charge in [0, 0.05) is 10.5 Å². The van der Waals surface area contributed by atoms with Crippen molar-refractivity contribution in [2.45, 2.75) is 31.7 Å².